The van der Waals surface area contributed by atoms with Gasteiger partial charge in [-0.2, -0.15) is 5.10 Å². The molecule has 14 heteroatoms. The van der Waals surface area contributed by atoms with Crippen LogP contribution in [0.3, 0.4) is 0 Å². The molecule has 3 heterocycles. The highest BCUT2D eigenvalue weighted by molar-refractivity contribution is 6.34. The van der Waals surface area contributed by atoms with Crippen molar-refractivity contribution in [2.45, 2.75) is 40.2 Å². The first kappa shape index (κ1) is 38.6. The van der Waals surface area contributed by atoms with Crippen molar-refractivity contribution in [1.29, 1.82) is 0 Å². The molecule has 278 valence electrons. The molecule has 5 rings (SSSR count). The fraction of sp³-hybridized carbons (Fsp3) is 0.447. The van der Waals surface area contributed by atoms with E-state index in [9.17, 15) is 14.4 Å². The number of imidazole rings is 1. The summed E-state index contributed by atoms with van der Waals surface area (Å²) in [6, 6.07) is 8.28. The van der Waals surface area contributed by atoms with Gasteiger partial charge in [0.1, 0.15) is 5.82 Å². The number of anilines is 1. The summed E-state index contributed by atoms with van der Waals surface area (Å²) in [6.07, 6.45) is 4.78. The number of aromatic nitrogens is 4. The van der Waals surface area contributed by atoms with Gasteiger partial charge in [-0.1, -0.05) is 30.7 Å². The highest BCUT2D eigenvalue weighted by Gasteiger charge is 2.29. The lowest BCUT2D eigenvalue weighted by Gasteiger charge is -2.36. The highest BCUT2D eigenvalue weighted by atomic mass is 35.5. The van der Waals surface area contributed by atoms with E-state index in [1.165, 1.54) is 6.07 Å². The van der Waals surface area contributed by atoms with Crippen LogP contribution in [0.4, 0.5) is 10.1 Å². The first-order valence-electron chi connectivity index (χ1n) is 17.5. The molecule has 4 aromatic rings. The summed E-state index contributed by atoms with van der Waals surface area (Å²) in [6.45, 7) is 9.31. The first-order chi connectivity index (χ1) is 24.9. The molecule has 0 radical (unpaired) electrons. The Kier molecular flexibility index (Phi) is 12.5. The van der Waals surface area contributed by atoms with Crippen LogP contribution in [0.1, 0.15) is 52.0 Å². The van der Waals surface area contributed by atoms with E-state index in [0.717, 1.165) is 25.1 Å². The molecule has 3 amide bonds. The maximum absolute atomic E-state index is 15.8. The van der Waals surface area contributed by atoms with E-state index in [4.69, 9.17) is 16.3 Å². The molecule has 52 heavy (non-hydrogen) atoms. The van der Waals surface area contributed by atoms with Crippen LogP contribution in [0.15, 0.2) is 42.7 Å². The number of methoxy groups -OCH3 is 1. The van der Waals surface area contributed by atoms with Gasteiger partial charge in [0.25, 0.3) is 11.8 Å². The molecule has 0 saturated carbocycles. The Morgan fingerprint density at radius 2 is 1.71 bits per heavy atom. The number of carbonyl (C=O) groups is 3. The number of benzene rings is 2. The van der Waals surface area contributed by atoms with E-state index in [0.29, 0.717) is 78.5 Å². The van der Waals surface area contributed by atoms with Crippen molar-refractivity contribution in [1.82, 2.24) is 34.0 Å². The third-order valence-corrected chi connectivity index (χ3v) is 10.2. The Morgan fingerprint density at radius 3 is 2.37 bits per heavy atom. The molecule has 1 unspecified atom stereocenters. The zero-order chi connectivity index (χ0) is 37.7. The quantitative estimate of drug-likeness (QED) is 0.192. The van der Waals surface area contributed by atoms with Crippen molar-refractivity contribution in [3.05, 3.63) is 76.2 Å². The average Bonchev–Trinajstić information content (AvgIpc) is 3.69. The third-order valence-electron chi connectivity index (χ3n) is 9.86. The van der Waals surface area contributed by atoms with Gasteiger partial charge >= 0.3 is 0 Å². The van der Waals surface area contributed by atoms with E-state index >= 15 is 4.39 Å². The molecule has 12 nitrogen and oxygen atoms in total. The molecule has 0 bridgehead atoms. The molecule has 1 aliphatic rings. The molecule has 1 atom stereocenters. The van der Waals surface area contributed by atoms with Gasteiger partial charge in [-0.25, -0.2) is 9.37 Å². The summed E-state index contributed by atoms with van der Waals surface area (Å²) >= 11 is 6.58. The minimum absolute atomic E-state index is 0.0312. The minimum Gasteiger partial charge on any atom is -0.383 e. The van der Waals surface area contributed by atoms with Gasteiger partial charge in [0, 0.05) is 74.3 Å². The van der Waals surface area contributed by atoms with E-state index < -0.39 is 5.91 Å². The van der Waals surface area contributed by atoms with E-state index in [2.05, 4.69) is 20.3 Å². The molecule has 2 aromatic carbocycles. The zero-order valence-electron chi connectivity index (χ0n) is 31.0. The summed E-state index contributed by atoms with van der Waals surface area (Å²) in [5.41, 5.74) is 4.27. The van der Waals surface area contributed by atoms with E-state index in [1.807, 2.05) is 38.9 Å². The van der Waals surface area contributed by atoms with Crippen molar-refractivity contribution in [3.63, 3.8) is 0 Å². The second-order valence-electron chi connectivity index (χ2n) is 13.4. The maximum Gasteiger partial charge on any atom is 0.291 e. The second kappa shape index (κ2) is 16.8. The number of rotatable bonds is 13. The normalized spacial score (nSPS) is 13.9. The number of piperazine rings is 1. The summed E-state index contributed by atoms with van der Waals surface area (Å²) < 4.78 is 24.4. The number of nitrogens with one attached hydrogen (secondary N) is 1. The number of ether oxygens (including phenoxy) is 1. The Morgan fingerprint density at radius 1 is 1.02 bits per heavy atom. The van der Waals surface area contributed by atoms with Crippen molar-refractivity contribution < 1.29 is 23.5 Å². The van der Waals surface area contributed by atoms with Gasteiger partial charge in [-0.05, 0) is 71.1 Å². The molecule has 0 spiro atoms. The largest absolute Gasteiger partial charge is 0.383 e. The summed E-state index contributed by atoms with van der Waals surface area (Å²) in [4.78, 5) is 49.9. The van der Waals surface area contributed by atoms with Crippen LogP contribution in [0.2, 0.25) is 5.02 Å². The Bertz CT molecular complexity index is 1930. The lowest BCUT2D eigenvalue weighted by molar-refractivity contribution is -0.137. The van der Waals surface area contributed by atoms with E-state index in [1.54, 1.807) is 65.8 Å². The summed E-state index contributed by atoms with van der Waals surface area (Å²) in [5.74, 6) is -0.870. The van der Waals surface area contributed by atoms with Crippen molar-refractivity contribution in [2.75, 3.05) is 65.9 Å². The molecule has 1 fully saturated rings. The van der Waals surface area contributed by atoms with Crippen molar-refractivity contribution in [2.24, 2.45) is 13.0 Å². The first-order valence-corrected chi connectivity index (χ1v) is 17.9. The number of halogens is 2. The van der Waals surface area contributed by atoms with Crippen LogP contribution in [-0.2, 0) is 23.1 Å². The second-order valence-corrected chi connectivity index (χ2v) is 13.9. The molecule has 1 aliphatic heterocycles. The van der Waals surface area contributed by atoms with Gasteiger partial charge in [0.2, 0.25) is 5.91 Å². The van der Waals surface area contributed by atoms with Gasteiger partial charge < -0.3 is 29.3 Å². The van der Waals surface area contributed by atoms with Gasteiger partial charge in [0.15, 0.2) is 5.82 Å². The minimum atomic E-state index is -0.491. The van der Waals surface area contributed by atoms with Crippen molar-refractivity contribution in [3.8, 4) is 22.4 Å². The predicted octanol–water partition coefficient (Wildman–Crippen LogP) is 5.52. The number of amides is 3. The third kappa shape index (κ3) is 8.22. The van der Waals surface area contributed by atoms with Crippen LogP contribution in [-0.4, -0.2) is 112 Å². The van der Waals surface area contributed by atoms with Crippen LogP contribution in [0.5, 0.6) is 0 Å². The molecule has 1 saturated heterocycles. The topological polar surface area (TPSA) is 118 Å². The average molecular weight is 735 g/mol. The van der Waals surface area contributed by atoms with E-state index in [-0.39, 0.29) is 34.4 Å². The summed E-state index contributed by atoms with van der Waals surface area (Å²) in [5, 5.41) is 7.39. The number of nitrogens with zero attached hydrogens (tertiary/aromatic N) is 7. The lowest BCUT2D eigenvalue weighted by Crippen LogP contribution is -2.52. The predicted molar refractivity (Wildman–Crippen MR) is 200 cm³/mol. The highest BCUT2D eigenvalue weighted by Crippen LogP contribution is 2.34. The monoisotopic (exact) mass is 734 g/mol. The fourth-order valence-corrected chi connectivity index (χ4v) is 6.84. The number of hydrogen-bond acceptors (Lipinski definition) is 7. The van der Waals surface area contributed by atoms with Crippen LogP contribution in [0.25, 0.3) is 22.4 Å². The smallest absolute Gasteiger partial charge is 0.291 e. The Labute approximate surface area is 309 Å². The van der Waals surface area contributed by atoms with Crippen LogP contribution < -0.4 is 5.32 Å². The maximum atomic E-state index is 15.8. The molecule has 0 aliphatic carbocycles. The Hall–Kier alpha value is -4.59. The SMILES string of the molecule is CCC(CCN(C)C)C(=O)N1CCN(C(=O)c2ccc(NC(=O)c3ncc(-c4ccc(-c5cnn(CCOC)c5C)c(F)c4C)n3C)cc2Cl)CC1. The molecule has 1 N–H and O–H groups in total. The van der Waals surface area contributed by atoms with Gasteiger partial charge in [-0.15, -0.1) is 0 Å². The summed E-state index contributed by atoms with van der Waals surface area (Å²) in [7, 11) is 7.32. The number of carbonyl (C=O) groups excluding carboxylic acids is 3. The van der Waals surface area contributed by atoms with Crippen LogP contribution in [0, 0.1) is 25.6 Å². The molecular weight excluding hydrogens is 687 g/mol. The fourth-order valence-electron chi connectivity index (χ4n) is 6.58. The Balaban J connectivity index is 1.23. The standard InChI is InChI=1S/C38H48ClFN8O4/c1-8-26(13-14-44(4)5)37(50)46-15-17-47(18-16-46)38(51)30-10-9-27(21-32(30)39)43-36(49)35-41-23-33(45(35)6)28-11-12-29(34(40)24(28)2)31-22-42-48(25(31)3)19-20-52-7/h9-12,21-23,26H,8,13-20H2,1-7H3,(H,43,49). The van der Waals surface area contributed by atoms with Crippen LogP contribution >= 0.6 is 11.6 Å². The number of hydrogen-bond donors (Lipinski definition) is 1. The van der Waals surface area contributed by atoms with Gasteiger partial charge in [-0.3, -0.25) is 19.1 Å². The van der Waals surface area contributed by atoms with Gasteiger partial charge in [0.05, 0.1) is 41.8 Å². The lowest BCUT2D eigenvalue weighted by atomic mass is 9.98. The van der Waals surface area contributed by atoms with Crippen molar-refractivity contribution >= 4 is 35.0 Å². The molecular formula is C38H48ClFN8O4. The molecule has 2 aromatic heterocycles. The zero-order valence-corrected chi connectivity index (χ0v) is 31.8.